The molecule has 2 aromatic rings. The van der Waals surface area contributed by atoms with E-state index in [0.29, 0.717) is 36.6 Å². The van der Waals surface area contributed by atoms with Crippen LogP contribution in [0.15, 0.2) is 54.1 Å². The van der Waals surface area contributed by atoms with Gasteiger partial charge in [-0.2, -0.15) is 0 Å². The van der Waals surface area contributed by atoms with Crippen molar-refractivity contribution in [2.75, 3.05) is 40.9 Å². The van der Waals surface area contributed by atoms with Crippen LogP contribution in [0.25, 0.3) is 5.76 Å². The highest BCUT2D eigenvalue weighted by Crippen LogP contribution is 2.41. The number of para-hydroxylation sites is 1. The molecule has 0 saturated carbocycles. The maximum Gasteiger partial charge on any atom is 0.295 e. The van der Waals surface area contributed by atoms with Crippen molar-refractivity contribution >= 4 is 17.4 Å². The van der Waals surface area contributed by atoms with Crippen LogP contribution in [0.4, 0.5) is 0 Å². The topological polar surface area (TPSA) is 79.3 Å². The Morgan fingerprint density at radius 2 is 1.78 bits per heavy atom. The lowest BCUT2D eigenvalue weighted by atomic mass is 9.95. The first-order valence-corrected chi connectivity index (χ1v) is 10.7. The van der Waals surface area contributed by atoms with Gasteiger partial charge in [0.1, 0.15) is 17.3 Å². The molecule has 0 radical (unpaired) electrons. The molecule has 3 rings (SSSR count). The Hall–Kier alpha value is -3.32. The van der Waals surface area contributed by atoms with E-state index >= 15 is 0 Å². The number of aliphatic hydroxyl groups excluding tert-OH is 1. The molecule has 1 aliphatic rings. The summed E-state index contributed by atoms with van der Waals surface area (Å²) < 4.78 is 10.9. The van der Waals surface area contributed by atoms with Gasteiger partial charge in [0.25, 0.3) is 11.7 Å². The highest BCUT2D eigenvalue weighted by molar-refractivity contribution is 6.46. The lowest BCUT2D eigenvalue weighted by Crippen LogP contribution is -2.32. The van der Waals surface area contributed by atoms with E-state index in [1.165, 1.54) is 7.11 Å². The SMILES string of the molecule is CCOc1ccc(C2/C(=C(\O)c3ccccc3OC)C(=O)C(=O)N2CCCN(C)C)cc1. The molecule has 1 atom stereocenters. The number of ether oxygens (including phenoxy) is 2. The molecule has 0 aromatic heterocycles. The summed E-state index contributed by atoms with van der Waals surface area (Å²) in [6.45, 7) is 3.60. The van der Waals surface area contributed by atoms with E-state index in [1.54, 1.807) is 29.2 Å². The largest absolute Gasteiger partial charge is 0.507 e. The lowest BCUT2D eigenvalue weighted by Gasteiger charge is -2.26. The van der Waals surface area contributed by atoms with Crippen LogP contribution in [0.3, 0.4) is 0 Å². The number of carbonyl (C=O) groups is 2. The summed E-state index contributed by atoms with van der Waals surface area (Å²) in [7, 11) is 5.41. The number of likely N-dealkylation sites (tertiary alicyclic amines) is 1. The summed E-state index contributed by atoms with van der Waals surface area (Å²) >= 11 is 0. The van der Waals surface area contributed by atoms with Crippen LogP contribution in [0, 0.1) is 0 Å². The molecule has 1 unspecified atom stereocenters. The van der Waals surface area contributed by atoms with Crippen LogP contribution in [-0.4, -0.2) is 67.5 Å². The molecule has 1 aliphatic heterocycles. The van der Waals surface area contributed by atoms with Crippen LogP contribution in [0.5, 0.6) is 11.5 Å². The number of nitrogens with zero attached hydrogens (tertiary/aromatic N) is 2. The second-order valence-electron chi connectivity index (χ2n) is 7.85. The van der Waals surface area contributed by atoms with Gasteiger partial charge in [-0.15, -0.1) is 0 Å². The van der Waals surface area contributed by atoms with E-state index in [9.17, 15) is 14.7 Å². The van der Waals surface area contributed by atoms with E-state index in [-0.39, 0.29) is 11.3 Å². The van der Waals surface area contributed by atoms with Crippen molar-refractivity contribution in [3.8, 4) is 11.5 Å². The minimum atomic E-state index is -0.697. The standard InChI is InChI=1S/C25H30N2O5/c1-5-32-18-13-11-17(12-14-18)22-21(23(28)19-9-6-7-10-20(19)31-4)24(29)25(30)27(22)16-8-15-26(2)3/h6-7,9-14,22,28H,5,8,15-16H2,1-4H3/b23-21+. The van der Waals surface area contributed by atoms with Gasteiger partial charge in [-0.1, -0.05) is 24.3 Å². The molecule has 170 valence electrons. The summed E-state index contributed by atoms with van der Waals surface area (Å²) in [6.07, 6.45) is 0.697. The summed E-state index contributed by atoms with van der Waals surface area (Å²) in [6, 6.07) is 13.5. The Labute approximate surface area is 188 Å². The van der Waals surface area contributed by atoms with E-state index in [0.717, 1.165) is 12.1 Å². The van der Waals surface area contributed by atoms with E-state index in [2.05, 4.69) is 0 Å². The minimum Gasteiger partial charge on any atom is -0.507 e. The molecule has 2 aromatic carbocycles. The summed E-state index contributed by atoms with van der Waals surface area (Å²) in [5.74, 6) is -0.425. The van der Waals surface area contributed by atoms with Crippen molar-refractivity contribution in [3.05, 3.63) is 65.2 Å². The predicted molar refractivity (Wildman–Crippen MR) is 123 cm³/mol. The molecular weight excluding hydrogens is 408 g/mol. The number of benzene rings is 2. The first-order chi connectivity index (χ1) is 15.4. The molecule has 1 amide bonds. The van der Waals surface area contributed by atoms with Crippen LogP contribution in [0.2, 0.25) is 0 Å². The second-order valence-corrected chi connectivity index (χ2v) is 7.85. The Balaban J connectivity index is 2.10. The second kappa shape index (κ2) is 10.3. The zero-order valence-corrected chi connectivity index (χ0v) is 19.0. The van der Waals surface area contributed by atoms with Crippen molar-refractivity contribution in [3.63, 3.8) is 0 Å². The summed E-state index contributed by atoms with van der Waals surface area (Å²) in [4.78, 5) is 29.7. The van der Waals surface area contributed by atoms with Crippen molar-refractivity contribution < 1.29 is 24.2 Å². The minimum absolute atomic E-state index is 0.0634. The van der Waals surface area contributed by atoms with Crippen LogP contribution in [0.1, 0.15) is 30.5 Å². The molecule has 0 aliphatic carbocycles. The van der Waals surface area contributed by atoms with Gasteiger partial charge < -0.3 is 24.4 Å². The first-order valence-electron chi connectivity index (χ1n) is 10.7. The molecular formula is C25H30N2O5. The highest BCUT2D eigenvalue weighted by Gasteiger charge is 2.46. The fraction of sp³-hybridized carbons (Fsp3) is 0.360. The third-order valence-electron chi connectivity index (χ3n) is 5.41. The summed E-state index contributed by atoms with van der Waals surface area (Å²) in [5, 5.41) is 11.2. The maximum absolute atomic E-state index is 13.1. The van der Waals surface area contributed by atoms with Gasteiger partial charge in [-0.3, -0.25) is 9.59 Å². The molecule has 7 nitrogen and oxygen atoms in total. The predicted octanol–water partition coefficient (Wildman–Crippen LogP) is 3.47. The fourth-order valence-corrected chi connectivity index (χ4v) is 3.91. The highest BCUT2D eigenvalue weighted by atomic mass is 16.5. The maximum atomic E-state index is 13.1. The van der Waals surface area contributed by atoms with Crippen LogP contribution in [-0.2, 0) is 9.59 Å². The molecule has 1 heterocycles. The Morgan fingerprint density at radius 3 is 2.41 bits per heavy atom. The average Bonchev–Trinajstić information content (AvgIpc) is 3.04. The Bertz CT molecular complexity index is 998. The number of hydrogen-bond acceptors (Lipinski definition) is 6. The van der Waals surface area contributed by atoms with Crippen molar-refractivity contribution in [1.82, 2.24) is 9.80 Å². The van der Waals surface area contributed by atoms with E-state index in [4.69, 9.17) is 9.47 Å². The first kappa shape index (κ1) is 23.3. The molecule has 32 heavy (non-hydrogen) atoms. The average molecular weight is 439 g/mol. The molecule has 1 N–H and O–H groups in total. The van der Waals surface area contributed by atoms with Gasteiger partial charge in [0, 0.05) is 6.54 Å². The number of rotatable bonds is 9. The zero-order chi connectivity index (χ0) is 23.3. The van der Waals surface area contributed by atoms with Crippen molar-refractivity contribution in [1.29, 1.82) is 0 Å². The number of carbonyl (C=O) groups excluding carboxylic acids is 2. The molecule has 0 spiro atoms. The van der Waals surface area contributed by atoms with Crippen molar-refractivity contribution in [2.24, 2.45) is 0 Å². The number of aliphatic hydroxyl groups is 1. The molecule has 1 saturated heterocycles. The Morgan fingerprint density at radius 1 is 1.09 bits per heavy atom. The van der Waals surface area contributed by atoms with Gasteiger partial charge in [-0.25, -0.2) is 0 Å². The molecule has 0 bridgehead atoms. The zero-order valence-electron chi connectivity index (χ0n) is 19.0. The monoisotopic (exact) mass is 438 g/mol. The normalized spacial score (nSPS) is 17.8. The van der Waals surface area contributed by atoms with Crippen LogP contribution >= 0.6 is 0 Å². The summed E-state index contributed by atoms with van der Waals surface area (Å²) in [5.41, 5.74) is 1.17. The smallest absolute Gasteiger partial charge is 0.295 e. The number of hydrogen-bond donors (Lipinski definition) is 1. The number of methoxy groups -OCH3 is 1. The molecule has 1 fully saturated rings. The van der Waals surface area contributed by atoms with E-state index in [1.807, 2.05) is 50.2 Å². The molecule has 7 heteroatoms. The van der Waals surface area contributed by atoms with Gasteiger partial charge in [0.15, 0.2) is 0 Å². The van der Waals surface area contributed by atoms with Crippen LogP contribution < -0.4 is 9.47 Å². The quantitative estimate of drug-likeness (QED) is 0.367. The third-order valence-corrected chi connectivity index (χ3v) is 5.41. The lowest BCUT2D eigenvalue weighted by molar-refractivity contribution is -0.139. The van der Waals surface area contributed by atoms with Gasteiger partial charge in [0.2, 0.25) is 0 Å². The van der Waals surface area contributed by atoms with Gasteiger partial charge in [-0.05, 0) is 63.8 Å². The van der Waals surface area contributed by atoms with Crippen molar-refractivity contribution in [2.45, 2.75) is 19.4 Å². The Kier molecular flexibility index (Phi) is 7.53. The fourth-order valence-electron chi connectivity index (χ4n) is 3.91. The van der Waals surface area contributed by atoms with Gasteiger partial charge in [0.05, 0.1) is 30.9 Å². The van der Waals surface area contributed by atoms with E-state index < -0.39 is 17.7 Å². The third kappa shape index (κ3) is 4.78. The van der Waals surface area contributed by atoms with Gasteiger partial charge >= 0.3 is 0 Å². The number of amides is 1. The number of Topliss-reactive ketones (excluding diaryl/α,β-unsaturated/α-hetero) is 1. The number of ketones is 1.